The van der Waals surface area contributed by atoms with Crippen molar-refractivity contribution >= 4 is 48.4 Å². The highest BCUT2D eigenvalue weighted by molar-refractivity contribution is 6.88. The topological polar surface area (TPSA) is 74.8 Å². The molecular formula is C23H31ClN4O3Si. The zero-order valence-electron chi connectivity index (χ0n) is 19.3. The predicted octanol–water partition coefficient (Wildman–Crippen LogP) is 4.20. The summed E-state index contributed by atoms with van der Waals surface area (Å²) in [6.07, 6.45) is 1.48. The Morgan fingerprint density at radius 2 is 1.91 bits per heavy atom. The van der Waals surface area contributed by atoms with Crippen LogP contribution in [-0.2, 0) is 4.74 Å². The van der Waals surface area contributed by atoms with Crippen LogP contribution in [-0.4, -0.2) is 62.2 Å². The van der Waals surface area contributed by atoms with E-state index in [1.807, 2.05) is 28.9 Å². The number of hydrogen-bond acceptors (Lipinski definition) is 5. The van der Waals surface area contributed by atoms with Crippen molar-refractivity contribution in [2.24, 2.45) is 0 Å². The lowest BCUT2D eigenvalue weighted by atomic mass is 10.2. The number of halogens is 1. The molecule has 7 nitrogen and oxygen atoms in total. The van der Waals surface area contributed by atoms with Gasteiger partial charge in [-0.2, -0.15) is 0 Å². The number of carbonyl (C=O) groups is 2. The molecule has 0 bridgehead atoms. The van der Waals surface area contributed by atoms with Crippen LogP contribution in [0.2, 0.25) is 24.7 Å². The van der Waals surface area contributed by atoms with Crippen LogP contribution in [0.4, 0.5) is 16.3 Å². The summed E-state index contributed by atoms with van der Waals surface area (Å²) in [6.45, 7) is 12.7. The molecule has 1 unspecified atom stereocenters. The van der Waals surface area contributed by atoms with Gasteiger partial charge >= 0.3 is 12.0 Å². The number of nitrogens with one attached hydrogen (secondary N) is 1. The quantitative estimate of drug-likeness (QED) is 0.519. The molecule has 1 atom stereocenters. The van der Waals surface area contributed by atoms with Crippen LogP contribution in [0.25, 0.3) is 0 Å². The van der Waals surface area contributed by atoms with E-state index in [1.165, 1.54) is 11.4 Å². The third-order valence-corrected chi connectivity index (χ3v) is 7.87. The SMILES string of the molecule is CCOC(=O)c1cnc(N2CCN(C(=O)Nc3ccc([Si](C)(C)C)cc3)C(C)C2)c(Cl)c1. The minimum atomic E-state index is -1.37. The summed E-state index contributed by atoms with van der Waals surface area (Å²) < 4.78 is 5.00. The Kier molecular flexibility index (Phi) is 7.46. The zero-order chi connectivity index (χ0) is 23.5. The van der Waals surface area contributed by atoms with Crippen LogP contribution in [0.15, 0.2) is 36.5 Å². The number of esters is 1. The van der Waals surface area contributed by atoms with E-state index in [1.54, 1.807) is 13.0 Å². The number of piperazine rings is 1. The molecule has 1 aromatic heterocycles. The van der Waals surface area contributed by atoms with Gasteiger partial charge in [-0.15, -0.1) is 0 Å². The van der Waals surface area contributed by atoms with E-state index < -0.39 is 14.0 Å². The highest BCUT2D eigenvalue weighted by Crippen LogP contribution is 2.27. The molecule has 0 aliphatic carbocycles. The zero-order valence-corrected chi connectivity index (χ0v) is 21.1. The summed E-state index contributed by atoms with van der Waals surface area (Å²) in [6, 6.07) is 9.59. The van der Waals surface area contributed by atoms with Crippen LogP contribution in [0, 0.1) is 0 Å². The maximum Gasteiger partial charge on any atom is 0.339 e. The third kappa shape index (κ3) is 5.61. The van der Waals surface area contributed by atoms with E-state index in [4.69, 9.17) is 16.3 Å². The second kappa shape index (κ2) is 9.91. The van der Waals surface area contributed by atoms with Crippen LogP contribution < -0.4 is 15.4 Å². The molecule has 1 aliphatic heterocycles. The first-order valence-corrected chi connectivity index (χ1v) is 14.7. The smallest absolute Gasteiger partial charge is 0.339 e. The number of benzene rings is 1. The van der Waals surface area contributed by atoms with Gasteiger partial charge in [0, 0.05) is 37.6 Å². The number of urea groups is 1. The number of ether oxygens (including phenoxy) is 1. The number of pyridine rings is 1. The lowest BCUT2D eigenvalue weighted by Gasteiger charge is -2.40. The summed E-state index contributed by atoms with van der Waals surface area (Å²) >= 11 is 6.40. The number of hydrogen-bond donors (Lipinski definition) is 1. The summed E-state index contributed by atoms with van der Waals surface area (Å²) in [4.78, 5) is 33.0. The lowest BCUT2D eigenvalue weighted by Crippen LogP contribution is -2.55. The molecular weight excluding hydrogens is 444 g/mol. The van der Waals surface area contributed by atoms with Crippen molar-refractivity contribution in [2.75, 3.05) is 36.5 Å². The van der Waals surface area contributed by atoms with E-state index in [-0.39, 0.29) is 12.1 Å². The summed E-state index contributed by atoms with van der Waals surface area (Å²) in [5.74, 6) is 0.162. The van der Waals surface area contributed by atoms with Crippen molar-refractivity contribution in [3.05, 3.63) is 47.1 Å². The standard InChI is InChI=1S/C23H31ClN4O3Si/c1-6-31-22(29)17-13-20(24)21(25-14-17)27-11-12-28(16(2)15-27)23(30)26-18-7-9-19(10-8-18)32(3,4)5/h7-10,13-14,16H,6,11-12,15H2,1-5H3,(H,26,30). The molecule has 0 radical (unpaired) electrons. The highest BCUT2D eigenvalue weighted by Gasteiger charge is 2.29. The number of amides is 2. The molecule has 2 amide bonds. The summed E-state index contributed by atoms with van der Waals surface area (Å²) in [5.41, 5.74) is 1.12. The minimum Gasteiger partial charge on any atom is -0.462 e. The van der Waals surface area contributed by atoms with Crippen molar-refractivity contribution < 1.29 is 14.3 Å². The number of nitrogens with zero attached hydrogens (tertiary/aromatic N) is 3. The highest BCUT2D eigenvalue weighted by atomic mass is 35.5. The molecule has 2 heterocycles. The third-order valence-electron chi connectivity index (χ3n) is 5.52. The van der Waals surface area contributed by atoms with Crippen LogP contribution >= 0.6 is 11.6 Å². The average Bonchev–Trinajstić information content (AvgIpc) is 2.73. The van der Waals surface area contributed by atoms with Crippen molar-refractivity contribution in [2.45, 2.75) is 39.5 Å². The monoisotopic (exact) mass is 474 g/mol. The predicted molar refractivity (Wildman–Crippen MR) is 132 cm³/mol. The first-order chi connectivity index (χ1) is 15.1. The maximum atomic E-state index is 12.9. The molecule has 0 saturated carbocycles. The van der Waals surface area contributed by atoms with E-state index in [9.17, 15) is 9.59 Å². The average molecular weight is 475 g/mol. The fourth-order valence-corrected chi connectivity index (χ4v) is 5.14. The van der Waals surface area contributed by atoms with Gasteiger partial charge in [0.1, 0.15) is 5.82 Å². The molecule has 32 heavy (non-hydrogen) atoms. The Labute approximate surface area is 195 Å². The number of aromatic nitrogens is 1. The normalized spacial score (nSPS) is 16.6. The van der Waals surface area contributed by atoms with Gasteiger partial charge in [-0.1, -0.05) is 48.6 Å². The molecule has 1 saturated heterocycles. The van der Waals surface area contributed by atoms with Crippen molar-refractivity contribution in [3.8, 4) is 0 Å². The van der Waals surface area contributed by atoms with Crippen molar-refractivity contribution in [3.63, 3.8) is 0 Å². The van der Waals surface area contributed by atoms with Crippen LogP contribution in [0.5, 0.6) is 0 Å². The largest absolute Gasteiger partial charge is 0.462 e. The molecule has 1 N–H and O–H groups in total. The Morgan fingerprint density at radius 1 is 1.22 bits per heavy atom. The van der Waals surface area contributed by atoms with Gasteiger partial charge in [0.2, 0.25) is 0 Å². The van der Waals surface area contributed by atoms with Crippen molar-refractivity contribution in [1.29, 1.82) is 0 Å². The Balaban J connectivity index is 1.62. The number of carbonyl (C=O) groups excluding carboxylic acids is 2. The molecule has 9 heteroatoms. The van der Waals surface area contributed by atoms with Gasteiger partial charge in [-0.05, 0) is 32.0 Å². The van der Waals surface area contributed by atoms with Gasteiger partial charge in [0.25, 0.3) is 0 Å². The van der Waals surface area contributed by atoms with Gasteiger partial charge in [-0.25, -0.2) is 14.6 Å². The summed E-state index contributed by atoms with van der Waals surface area (Å²) in [5, 5.41) is 4.76. The fourth-order valence-electron chi connectivity index (χ4n) is 3.69. The number of anilines is 2. The second-order valence-electron chi connectivity index (χ2n) is 9.00. The lowest BCUT2D eigenvalue weighted by molar-refractivity contribution is 0.0526. The molecule has 0 spiro atoms. The second-order valence-corrected chi connectivity index (χ2v) is 14.5. The summed E-state index contributed by atoms with van der Waals surface area (Å²) in [7, 11) is -1.37. The van der Waals surface area contributed by atoms with Gasteiger partial charge in [0.15, 0.2) is 0 Å². The Bertz CT molecular complexity index is 978. The molecule has 2 aromatic rings. The minimum absolute atomic E-state index is 0.0346. The Hall–Kier alpha value is -2.58. The van der Waals surface area contributed by atoms with E-state index in [0.29, 0.717) is 42.6 Å². The van der Waals surface area contributed by atoms with Crippen LogP contribution in [0.1, 0.15) is 24.2 Å². The van der Waals surface area contributed by atoms with Gasteiger partial charge in [0.05, 0.1) is 25.3 Å². The molecule has 1 fully saturated rings. The van der Waals surface area contributed by atoms with Crippen molar-refractivity contribution in [1.82, 2.24) is 9.88 Å². The number of rotatable bonds is 5. The fraction of sp³-hybridized carbons (Fsp3) is 0.435. The molecule has 1 aromatic carbocycles. The molecule has 3 rings (SSSR count). The molecule has 1 aliphatic rings. The molecule has 172 valence electrons. The first-order valence-electron chi connectivity index (χ1n) is 10.9. The van der Waals surface area contributed by atoms with E-state index >= 15 is 0 Å². The van der Waals surface area contributed by atoms with Gasteiger partial charge in [-0.3, -0.25) is 0 Å². The Morgan fingerprint density at radius 3 is 2.47 bits per heavy atom. The van der Waals surface area contributed by atoms with E-state index in [0.717, 1.165) is 5.69 Å². The van der Waals surface area contributed by atoms with E-state index in [2.05, 4.69) is 42.1 Å². The van der Waals surface area contributed by atoms with Gasteiger partial charge < -0.3 is 19.9 Å². The first kappa shape index (κ1) is 24.1. The maximum absolute atomic E-state index is 12.9. The van der Waals surface area contributed by atoms with Crippen LogP contribution in [0.3, 0.4) is 0 Å².